The predicted octanol–water partition coefficient (Wildman–Crippen LogP) is 2.84. The molecule has 0 aliphatic rings. The topological polar surface area (TPSA) is 52.0 Å². The molecular formula is C22H14N2O2. The Morgan fingerprint density at radius 1 is 0.769 bits per heavy atom. The van der Waals surface area contributed by atoms with E-state index in [0.29, 0.717) is 22.5 Å². The molecule has 3 aromatic rings. The van der Waals surface area contributed by atoms with E-state index in [1.165, 1.54) is 0 Å². The molecule has 0 radical (unpaired) electrons. The van der Waals surface area contributed by atoms with E-state index < -0.39 is 0 Å². The first-order valence-corrected chi connectivity index (χ1v) is 7.85. The van der Waals surface area contributed by atoms with Crippen molar-refractivity contribution in [1.29, 1.82) is 0 Å². The fourth-order valence-corrected chi connectivity index (χ4v) is 2.22. The number of aryl methyl sites for hydroxylation is 1. The van der Waals surface area contributed by atoms with Crippen LogP contribution in [0.4, 0.5) is 0 Å². The zero-order chi connectivity index (χ0) is 18.4. The van der Waals surface area contributed by atoms with Gasteiger partial charge in [-0.2, -0.15) is 0 Å². The summed E-state index contributed by atoms with van der Waals surface area (Å²) in [6, 6.07) is 14.1. The molecule has 4 nitrogen and oxygen atoms in total. The molecule has 0 amide bonds. The van der Waals surface area contributed by atoms with Gasteiger partial charge in [-0.25, -0.2) is 4.98 Å². The number of benzene rings is 2. The van der Waals surface area contributed by atoms with Crippen molar-refractivity contribution >= 4 is 12.6 Å². The predicted molar refractivity (Wildman–Crippen MR) is 98.8 cm³/mol. The Labute approximate surface area is 151 Å². The van der Waals surface area contributed by atoms with E-state index in [4.69, 9.17) is 0 Å². The normalized spacial score (nSPS) is 9.42. The Balaban J connectivity index is 1.87. The first-order chi connectivity index (χ1) is 12.7. The third kappa shape index (κ3) is 3.95. The van der Waals surface area contributed by atoms with Crippen LogP contribution in [0.25, 0.3) is 0 Å². The van der Waals surface area contributed by atoms with Crippen molar-refractivity contribution in [1.82, 2.24) is 9.55 Å². The standard InChI is InChI=1S/C22H14N2O2/c1-24-16-23-21(12-10-17-2-6-19(14-25)7-3-17)22(24)13-11-18-4-8-20(15-26)9-5-18/h2-9,14-16H,1H3. The fraction of sp³-hybridized carbons (Fsp3) is 0.0455. The maximum Gasteiger partial charge on any atom is 0.150 e. The monoisotopic (exact) mass is 338 g/mol. The molecule has 3 rings (SSSR count). The average molecular weight is 338 g/mol. The summed E-state index contributed by atoms with van der Waals surface area (Å²) in [6.45, 7) is 0. The van der Waals surface area contributed by atoms with Gasteiger partial charge in [-0.3, -0.25) is 9.59 Å². The van der Waals surface area contributed by atoms with E-state index in [1.807, 2.05) is 11.6 Å². The van der Waals surface area contributed by atoms with E-state index in [9.17, 15) is 9.59 Å². The number of rotatable bonds is 2. The van der Waals surface area contributed by atoms with Crippen LogP contribution in [0.5, 0.6) is 0 Å². The van der Waals surface area contributed by atoms with Gasteiger partial charge in [0.05, 0.1) is 6.33 Å². The van der Waals surface area contributed by atoms with Crippen LogP contribution >= 0.6 is 0 Å². The van der Waals surface area contributed by atoms with Crippen molar-refractivity contribution in [2.75, 3.05) is 0 Å². The summed E-state index contributed by atoms with van der Waals surface area (Å²) in [5.41, 5.74) is 4.12. The van der Waals surface area contributed by atoms with Gasteiger partial charge in [0.25, 0.3) is 0 Å². The Bertz CT molecular complexity index is 1070. The van der Waals surface area contributed by atoms with Gasteiger partial charge >= 0.3 is 0 Å². The van der Waals surface area contributed by atoms with E-state index >= 15 is 0 Å². The van der Waals surface area contributed by atoms with Crippen LogP contribution in [0.15, 0.2) is 54.9 Å². The number of carbonyl (C=O) groups is 2. The van der Waals surface area contributed by atoms with E-state index in [-0.39, 0.29) is 0 Å². The Hall–Kier alpha value is -3.89. The average Bonchev–Trinajstić information content (AvgIpc) is 3.05. The second-order valence-corrected chi connectivity index (χ2v) is 5.53. The van der Waals surface area contributed by atoms with Crippen molar-refractivity contribution in [2.24, 2.45) is 7.05 Å². The van der Waals surface area contributed by atoms with Crippen molar-refractivity contribution in [3.63, 3.8) is 0 Å². The van der Waals surface area contributed by atoms with Crippen LogP contribution in [0, 0.1) is 23.7 Å². The maximum atomic E-state index is 10.7. The molecule has 0 saturated heterocycles. The van der Waals surface area contributed by atoms with Gasteiger partial charge < -0.3 is 4.57 Å². The van der Waals surface area contributed by atoms with Crippen LogP contribution in [0.3, 0.4) is 0 Å². The van der Waals surface area contributed by atoms with Crippen LogP contribution < -0.4 is 0 Å². The summed E-state index contributed by atoms with van der Waals surface area (Å²) in [7, 11) is 1.86. The number of aromatic nitrogens is 2. The highest BCUT2D eigenvalue weighted by Crippen LogP contribution is 2.06. The fourth-order valence-electron chi connectivity index (χ4n) is 2.22. The Morgan fingerprint density at radius 2 is 1.27 bits per heavy atom. The molecule has 124 valence electrons. The molecule has 0 unspecified atom stereocenters. The van der Waals surface area contributed by atoms with Crippen LogP contribution in [-0.4, -0.2) is 22.1 Å². The number of hydrogen-bond acceptors (Lipinski definition) is 3. The van der Waals surface area contributed by atoms with Crippen LogP contribution in [0.2, 0.25) is 0 Å². The third-order valence-corrected chi connectivity index (χ3v) is 3.68. The first-order valence-electron chi connectivity index (χ1n) is 7.85. The molecule has 0 aliphatic carbocycles. The zero-order valence-electron chi connectivity index (χ0n) is 14.1. The Morgan fingerprint density at radius 3 is 1.77 bits per heavy atom. The van der Waals surface area contributed by atoms with Crippen LogP contribution in [0.1, 0.15) is 43.2 Å². The summed E-state index contributed by atoms with van der Waals surface area (Å²) in [4.78, 5) is 25.7. The van der Waals surface area contributed by atoms with Crippen molar-refractivity contribution in [3.05, 3.63) is 88.5 Å². The maximum absolute atomic E-state index is 10.7. The van der Waals surface area contributed by atoms with Crippen molar-refractivity contribution in [3.8, 4) is 23.7 Å². The van der Waals surface area contributed by atoms with E-state index in [1.54, 1.807) is 54.9 Å². The number of aldehydes is 2. The van der Waals surface area contributed by atoms with Gasteiger partial charge in [0, 0.05) is 29.3 Å². The lowest BCUT2D eigenvalue weighted by atomic mass is 10.1. The van der Waals surface area contributed by atoms with Gasteiger partial charge in [-0.1, -0.05) is 36.1 Å². The first kappa shape index (κ1) is 17.0. The van der Waals surface area contributed by atoms with Gasteiger partial charge in [0.1, 0.15) is 24.0 Å². The molecule has 0 fully saturated rings. The van der Waals surface area contributed by atoms with Crippen LogP contribution in [-0.2, 0) is 7.05 Å². The molecule has 1 heterocycles. The molecule has 0 spiro atoms. The molecular weight excluding hydrogens is 324 g/mol. The van der Waals surface area contributed by atoms with E-state index in [0.717, 1.165) is 23.7 Å². The highest BCUT2D eigenvalue weighted by atomic mass is 16.1. The molecule has 0 saturated carbocycles. The smallest absolute Gasteiger partial charge is 0.150 e. The lowest BCUT2D eigenvalue weighted by molar-refractivity contribution is 0.111. The Kier molecular flexibility index (Phi) is 5.08. The number of carbonyl (C=O) groups excluding carboxylic acids is 2. The summed E-state index contributed by atoms with van der Waals surface area (Å²) < 4.78 is 1.81. The second-order valence-electron chi connectivity index (χ2n) is 5.53. The molecule has 0 atom stereocenters. The summed E-state index contributed by atoms with van der Waals surface area (Å²) in [5.74, 6) is 12.2. The van der Waals surface area contributed by atoms with Gasteiger partial charge in [-0.05, 0) is 36.1 Å². The lowest BCUT2D eigenvalue weighted by Gasteiger charge is -1.94. The minimum absolute atomic E-state index is 0.587. The number of nitrogens with zero attached hydrogens (tertiary/aromatic N) is 2. The van der Waals surface area contributed by atoms with Crippen molar-refractivity contribution in [2.45, 2.75) is 0 Å². The molecule has 0 aliphatic heterocycles. The molecule has 1 aromatic heterocycles. The number of hydrogen-bond donors (Lipinski definition) is 0. The van der Waals surface area contributed by atoms with E-state index in [2.05, 4.69) is 28.7 Å². The largest absolute Gasteiger partial charge is 0.326 e. The minimum atomic E-state index is 0.587. The molecule has 0 bridgehead atoms. The molecule has 4 heteroatoms. The zero-order valence-corrected chi connectivity index (χ0v) is 14.1. The number of imidazole rings is 1. The lowest BCUT2D eigenvalue weighted by Crippen LogP contribution is -1.91. The van der Waals surface area contributed by atoms with Crippen molar-refractivity contribution < 1.29 is 9.59 Å². The highest BCUT2D eigenvalue weighted by molar-refractivity contribution is 5.75. The second kappa shape index (κ2) is 7.79. The minimum Gasteiger partial charge on any atom is -0.326 e. The van der Waals surface area contributed by atoms with Gasteiger partial charge in [-0.15, -0.1) is 0 Å². The molecule has 2 aromatic carbocycles. The summed E-state index contributed by atoms with van der Waals surface area (Å²) in [6.07, 6.45) is 3.26. The summed E-state index contributed by atoms with van der Waals surface area (Å²) >= 11 is 0. The highest BCUT2D eigenvalue weighted by Gasteiger charge is 2.03. The van der Waals surface area contributed by atoms with Gasteiger partial charge in [0.2, 0.25) is 0 Å². The molecule has 0 N–H and O–H groups in total. The summed E-state index contributed by atoms with van der Waals surface area (Å²) in [5, 5.41) is 0. The SMILES string of the molecule is Cn1cnc(C#Cc2ccc(C=O)cc2)c1C#Cc1ccc(C=O)cc1. The molecule has 26 heavy (non-hydrogen) atoms. The van der Waals surface area contributed by atoms with Gasteiger partial charge in [0.15, 0.2) is 0 Å². The third-order valence-electron chi connectivity index (χ3n) is 3.68. The quantitative estimate of drug-likeness (QED) is 0.533.